The van der Waals surface area contributed by atoms with Crippen molar-refractivity contribution in [2.75, 3.05) is 32.8 Å². The van der Waals surface area contributed by atoms with Crippen LogP contribution in [0, 0.1) is 5.92 Å². The van der Waals surface area contributed by atoms with Crippen LogP contribution in [0.3, 0.4) is 0 Å². The molecule has 0 unspecified atom stereocenters. The van der Waals surface area contributed by atoms with E-state index in [1.54, 1.807) is 24.3 Å². The van der Waals surface area contributed by atoms with Gasteiger partial charge in [0.25, 0.3) is 10.0 Å². The second-order valence-electron chi connectivity index (χ2n) is 9.87. The van der Waals surface area contributed by atoms with Crippen molar-refractivity contribution < 1.29 is 17.9 Å². The molecule has 2 aromatic rings. The number of benzene rings is 2. The molecule has 9 heteroatoms. The summed E-state index contributed by atoms with van der Waals surface area (Å²) in [6, 6.07) is 12.5. The van der Waals surface area contributed by atoms with Gasteiger partial charge in [0, 0.05) is 44.7 Å². The Kier molecular flexibility index (Phi) is 6.55. The second kappa shape index (κ2) is 9.62. The molecule has 5 rings (SSSR count). The fourth-order valence-electron chi connectivity index (χ4n) is 4.97. The average Bonchev–Trinajstić information content (AvgIpc) is 3.40. The van der Waals surface area contributed by atoms with Gasteiger partial charge < -0.3 is 9.64 Å². The van der Waals surface area contributed by atoms with Gasteiger partial charge in [0.2, 0.25) is 5.91 Å². The van der Waals surface area contributed by atoms with Crippen molar-refractivity contribution in [2.24, 2.45) is 10.9 Å². The van der Waals surface area contributed by atoms with Crippen molar-refractivity contribution in [3.8, 4) is 5.75 Å². The molecule has 186 valence electrons. The van der Waals surface area contributed by atoms with Crippen LogP contribution in [-0.4, -0.2) is 68.8 Å². The van der Waals surface area contributed by atoms with Crippen molar-refractivity contribution in [1.29, 1.82) is 0 Å². The Morgan fingerprint density at radius 3 is 2.66 bits per heavy atom. The number of aliphatic imine (C=N–C) groups is 1. The molecule has 0 bridgehead atoms. The summed E-state index contributed by atoms with van der Waals surface area (Å²) in [5, 5.41) is 0. The Hall–Kier alpha value is -2.91. The molecule has 1 atom stereocenters. The zero-order valence-electron chi connectivity index (χ0n) is 20.2. The van der Waals surface area contributed by atoms with E-state index in [2.05, 4.69) is 32.8 Å². The number of sulfonamides is 1. The van der Waals surface area contributed by atoms with Crippen LogP contribution in [0.15, 0.2) is 52.4 Å². The molecular weight excluding hydrogens is 464 g/mol. The number of piperazine rings is 1. The maximum absolute atomic E-state index is 13.5. The minimum absolute atomic E-state index is 0.0379. The smallest absolute Gasteiger partial charge is 0.263 e. The van der Waals surface area contributed by atoms with Gasteiger partial charge in [-0.2, -0.15) is 0 Å². The predicted molar refractivity (Wildman–Crippen MR) is 134 cm³/mol. The molecule has 1 saturated heterocycles. The molecule has 1 amide bonds. The second-order valence-corrected chi connectivity index (χ2v) is 11.5. The molecule has 1 N–H and O–H groups in total. The van der Waals surface area contributed by atoms with Crippen LogP contribution >= 0.6 is 0 Å². The molecule has 35 heavy (non-hydrogen) atoms. The summed E-state index contributed by atoms with van der Waals surface area (Å²) < 4.78 is 33.1. The Morgan fingerprint density at radius 2 is 1.89 bits per heavy atom. The third-order valence-electron chi connectivity index (χ3n) is 6.77. The lowest BCUT2D eigenvalue weighted by Gasteiger charge is -2.36. The van der Waals surface area contributed by atoms with E-state index >= 15 is 0 Å². The van der Waals surface area contributed by atoms with E-state index in [1.165, 1.54) is 11.1 Å². The summed E-state index contributed by atoms with van der Waals surface area (Å²) in [6.45, 7) is 8.56. The summed E-state index contributed by atoms with van der Waals surface area (Å²) in [6.07, 6.45) is 1.52. The van der Waals surface area contributed by atoms with Crippen LogP contribution in [0.4, 0.5) is 0 Å². The molecule has 8 nitrogen and oxygen atoms in total. The van der Waals surface area contributed by atoms with Crippen LogP contribution in [0.5, 0.6) is 5.75 Å². The monoisotopic (exact) mass is 496 g/mol. The molecule has 2 aromatic carbocycles. The summed E-state index contributed by atoms with van der Waals surface area (Å²) in [5.74, 6) is 1.46. The Labute approximate surface area is 207 Å². The minimum Gasteiger partial charge on any atom is -0.493 e. The van der Waals surface area contributed by atoms with Crippen LogP contribution in [-0.2, 0) is 27.8 Å². The van der Waals surface area contributed by atoms with Gasteiger partial charge >= 0.3 is 0 Å². The van der Waals surface area contributed by atoms with E-state index in [9.17, 15) is 13.2 Å². The highest BCUT2D eigenvalue weighted by Crippen LogP contribution is 2.27. The number of fused-ring (bicyclic) bond motifs is 2. The van der Waals surface area contributed by atoms with Gasteiger partial charge in [0.15, 0.2) is 0 Å². The van der Waals surface area contributed by atoms with E-state index in [0.717, 1.165) is 38.4 Å². The number of nitrogens with zero attached hydrogens (tertiary/aromatic N) is 3. The van der Waals surface area contributed by atoms with Crippen LogP contribution in [0.1, 0.15) is 37.0 Å². The van der Waals surface area contributed by atoms with Gasteiger partial charge in [0.1, 0.15) is 17.6 Å². The molecule has 0 spiro atoms. The van der Waals surface area contributed by atoms with E-state index in [1.807, 2.05) is 18.7 Å². The number of carbonyl (C=O) groups excluding carboxylic acids is 1. The summed E-state index contributed by atoms with van der Waals surface area (Å²) in [5.41, 5.74) is 3.07. The molecule has 3 aliphatic heterocycles. The number of amides is 1. The first kappa shape index (κ1) is 23.8. The fourth-order valence-corrected chi connectivity index (χ4v) is 6.21. The molecule has 3 aliphatic rings. The molecule has 0 aromatic heterocycles. The quantitative estimate of drug-likeness (QED) is 0.663. The van der Waals surface area contributed by atoms with Crippen molar-refractivity contribution in [3.05, 3.63) is 59.2 Å². The Balaban J connectivity index is 1.26. The highest BCUT2D eigenvalue weighted by Gasteiger charge is 2.33. The van der Waals surface area contributed by atoms with Crippen molar-refractivity contribution >= 4 is 21.8 Å². The summed E-state index contributed by atoms with van der Waals surface area (Å²) in [7, 11) is -3.64. The van der Waals surface area contributed by atoms with E-state index in [-0.39, 0.29) is 22.6 Å². The Morgan fingerprint density at radius 1 is 1.11 bits per heavy atom. The molecule has 3 heterocycles. The number of carbonyl (C=O) groups is 1. The number of nitrogens with one attached hydrogen (secondary N) is 1. The zero-order chi connectivity index (χ0) is 24.6. The average molecular weight is 497 g/mol. The van der Waals surface area contributed by atoms with Crippen LogP contribution in [0.2, 0.25) is 0 Å². The molecule has 1 fully saturated rings. The van der Waals surface area contributed by atoms with E-state index in [4.69, 9.17) is 4.74 Å². The van der Waals surface area contributed by atoms with Gasteiger partial charge in [-0.15, -0.1) is 0 Å². The number of ether oxygens (including phenoxy) is 1. The third-order valence-corrected chi connectivity index (χ3v) is 8.17. The van der Waals surface area contributed by atoms with Gasteiger partial charge in [-0.3, -0.25) is 19.4 Å². The topological polar surface area (TPSA) is 91.3 Å². The molecule has 0 aliphatic carbocycles. The normalized spacial score (nSPS) is 20.9. The van der Waals surface area contributed by atoms with Gasteiger partial charge in [0.05, 0.1) is 11.5 Å². The van der Waals surface area contributed by atoms with E-state index < -0.39 is 16.1 Å². The number of rotatable bonds is 6. The number of hydrogen-bond acceptors (Lipinski definition) is 6. The molecule has 0 radical (unpaired) electrons. The number of hydrogen-bond donors (Lipinski definition) is 1. The van der Waals surface area contributed by atoms with Crippen molar-refractivity contribution in [2.45, 2.75) is 44.2 Å². The number of amidine groups is 1. The molecule has 0 saturated carbocycles. The van der Waals surface area contributed by atoms with Crippen LogP contribution < -0.4 is 9.46 Å². The first-order chi connectivity index (χ1) is 16.8. The fraction of sp³-hybridized carbons (Fsp3) is 0.462. The van der Waals surface area contributed by atoms with Crippen LogP contribution in [0.25, 0.3) is 0 Å². The lowest BCUT2D eigenvalue weighted by Crippen LogP contribution is -2.51. The van der Waals surface area contributed by atoms with Gasteiger partial charge in [-0.25, -0.2) is 8.42 Å². The largest absolute Gasteiger partial charge is 0.493 e. The standard InChI is InChI=1S/C26H32N4O4S/c1-18(2)15-22(27-25-21-5-3-4-6-24(21)35(32,33)28-25)26(31)30-12-10-29(11-13-30)17-19-7-8-23-20(16-19)9-14-34-23/h3-8,16,18,22H,9-15,17H2,1-2H3,(H,27,28)/t22-/m0/s1. The van der Waals surface area contributed by atoms with E-state index in [0.29, 0.717) is 25.1 Å². The zero-order valence-corrected chi connectivity index (χ0v) is 21.1. The Bertz CT molecular complexity index is 1250. The first-order valence-electron chi connectivity index (χ1n) is 12.3. The van der Waals surface area contributed by atoms with Gasteiger partial charge in [-0.05, 0) is 41.7 Å². The predicted octanol–water partition coefficient (Wildman–Crippen LogP) is 2.42. The molecular formula is C26H32N4O4S. The summed E-state index contributed by atoms with van der Waals surface area (Å²) in [4.78, 5) is 22.6. The maximum Gasteiger partial charge on any atom is 0.263 e. The first-order valence-corrected chi connectivity index (χ1v) is 13.7. The SMILES string of the molecule is CC(C)C[C@H](N=C1NS(=O)(=O)c2ccccc21)C(=O)N1CCN(Cc2ccc3c(c2)CCO3)CC1. The van der Waals surface area contributed by atoms with Crippen molar-refractivity contribution in [1.82, 2.24) is 14.5 Å². The van der Waals surface area contributed by atoms with Crippen molar-refractivity contribution in [3.63, 3.8) is 0 Å². The maximum atomic E-state index is 13.5. The third kappa shape index (κ3) is 5.06. The lowest BCUT2D eigenvalue weighted by atomic mass is 10.0. The highest BCUT2D eigenvalue weighted by atomic mass is 32.2. The minimum atomic E-state index is -3.64. The highest BCUT2D eigenvalue weighted by molar-refractivity contribution is 7.90. The lowest BCUT2D eigenvalue weighted by molar-refractivity contribution is -0.134. The van der Waals surface area contributed by atoms with Gasteiger partial charge in [-0.1, -0.05) is 38.1 Å². The summed E-state index contributed by atoms with van der Waals surface area (Å²) >= 11 is 0.